The summed E-state index contributed by atoms with van der Waals surface area (Å²) < 4.78 is 79.6. The van der Waals surface area contributed by atoms with Gasteiger partial charge in [-0.2, -0.15) is 31.3 Å². The molecule has 1 amide bonds. The normalized spacial score (nSPS) is 20.5. The molecule has 6 aliphatic rings. The topological polar surface area (TPSA) is 220 Å². The van der Waals surface area contributed by atoms with Crippen LogP contribution in [0.15, 0.2) is 16.9 Å². The summed E-state index contributed by atoms with van der Waals surface area (Å²) in [6, 6.07) is 2.71. The van der Waals surface area contributed by atoms with Gasteiger partial charge in [0.25, 0.3) is 5.56 Å². The number of ketones is 3. The zero-order chi connectivity index (χ0) is 47.3. The standard InChI is InChI=1S/C15H15F3N4OS.C12H19NO3.C8H6F3N3OS.C7H11NO/c16-15(17,18)6-9-3-10-11(20-13(19)21-12(10)24-9)22-2-1-14(7-22)4-8(23)5-14;1-11(2,3)16-10(15)13-5-4-12(8-13)6-9(14)7-12;9-8(10,11)2-3-1-4-5(15)13-7(12)14-6(4)16-3;9-6-3-7(4-6)1-2-8-5-7/h3H,1-2,4-7H2,(H2,19,20,21);4-8H2,1-3H3;1H,2H2,(H3,12,13,14,15);8H,1-5H2. The van der Waals surface area contributed by atoms with Crippen molar-refractivity contribution in [1.82, 2.24) is 30.2 Å². The highest BCUT2D eigenvalue weighted by Gasteiger charge is 2.50. The molecule has 23 heteroatoms. The van der Waals surface area contributed by atoms with Gasteiger partial charge < -0.3 is 31.3 Å². The first-order valence-corrected chi connectivity index (χ1v) is 22.8. The van der Waals surface area contributed by atoms with Crippen LogP contribution in [0.25, 0.3) is 20.4 Å². The number of anilines is 3. The summed E-state index contributed by atoms with van der Waals surface area (Å²) in [5, 5.41) is 4.03. The van der Waals surface area contributed by atoms with E-state index in [1.807, 2.05) is 25.7 Å². The monoisotopic (exact) mass is 955 g/mol. The molecule has 6 fully saturated rings. The Balaban J connectivity index is 0.000000136. The molecule has 4 aromatic rings. The third-order valence-electron chi connectivity index (χ3n) is 12.3. The van der Waals surface area contributed by atoms with Gasteiger partial charge in [-0.15, -0.1) is 22.7 Å². The third-order valence-corrected chi connectivity index (χ3v) is 14.3. The second-order valence-electron chi connectivity index (χ2n) is 19.2. The molecule has 0 bridgehead atoms. The molecule has 15 nitrogen and oxygen atoms in total. The number of nitrogens with two attached hydrogens (primary N) is 2. The first-order chi connectivity index (χ1) is 30.2. The minimum absolute atomic E-state index is 0.00788. The molecule has 3 aliphatic heterocycles. The summed E-state index contributed by atoms with van der Waals surface area (Å²) >= 11 is 1.82. The molecule has 10 rings (SSSR count). The number of nitrogens with zero attached hydrogens (tertiary/aromatic N) is 5. The Bertz CT molecular complexity index is 2520. The highest BCUT2D eigenvalue weighted by atomic mass is 32.1. The SMILES string of the molecule is CC(C)(C)OC(=O)N1CCC2(CC(=O)C2)C1.Nc1nc(N2CCC3(CC(=O)C3)C2)c2cc(CC(F)(F)F)sc2n1.Nc1nc2sc(CC(F)(F)F)cc2c(=O)[nH]1.O=C1CC2(CCNC2)C1. The number of alkyl halides is 6. The lowest BCUT2D eigenvalue weighted by atomic mass is 9.67. The van der Waals surface area contributed by atoms with E-state index >= 15 is 0 Å². The van der Waals surface area contributed by atoms with Gasteiger partial charge >= 0.3 is 18.4 Å². The van der Waals surface area contributed by atoms with Gasteiger partial charge in [0.15, 0.2) is 0 Å². The molecule has 3 saturated heterocycles. The van der Waals surface area contributed by atoms with E-state index in [4.69, 9.17) is 16.2 Å². The van der Waals surface area contributed by atoms with Crippen LogP contribution in [0.5, 0.6) is 0 Å². The number of Topliss-reactive ketones (excluding diaryl/α,β-unsaturated/α-hetero) is 3. The lowest BCUT2D eigenvalue weighted by Gasteiger charge is -2.36. The van der Waals surface area contributed by atoms with Crippen LogP contribution < -0.4 is 27.2 Å². The molecule has 0 unspecified atom stereocenters. The van der Waals surface area contributed by atoms with Gasteiger partial charge in [0, 0.05) is 91.8 Å². The smallest absolute Gasteiger partial charge is 0.410 e. The van der Waals surface area contributed by atoms with E-state index in [-0.39, 0.29) is 54.6 Å². The Hall–Kier alpha value is -4.90. The van der Waals surface area contributed by atoms with E-state index in [0.29, 0.717) is 71.8 Å². The lowest BCUT2D eigenvalue weighted by molar-refractivity contribution is -0.132. The predicted octanol–water partition coefficient (Wildman–Crippen LogP) is 6.91. The minimum atomic E-state index is -4.29. The summed E-state index contributed by atoms with van der Waals surface area (Å²) in [7, 11) is 0. The van der Waals surface area contributed by atoms with Crippen LogP contribution in [0.3, 0.4) is 0 Å². The number of ether oxygens (including phenoxy) is 1. The number of halogens is 6. The van der Waals surface area contributed by atoms with Crippen LogP contribution in [0.1, 0.15) is 88.3 Å². The maximum Gasteiger partial charge on any atom is 0.410 e. The number of amides is 1. The van der Waals surface area contributed by atoms with Gasteiger partial charge in [-0.05, 0) is 64.1 Å². The van der Waals surface area contributed by atoms with Crippen LogP contribution in [-0.4, -0.2) is 106 Å². The van der Waals surface area contributed by atoms with Crippen molar-refractivity contribution in [3.63, 3.8) is 0 Å². The number of carbonyl (C=O) groups is 4. The summed E-state index contributed by atoms with van der Waals surface area (Å²) in [5.74, 6) is 1.59. The molecule has 6 N–H and O–H groups in total. The second kappa shape index (κ2) is 17.7. The Kier molecular flexibility index (Phi) is 13.1. The molecular weight excluding hydrogens is 905 g/mol. The van der Waals surface area contributed by atoms with Gasteiger partial charge in [-0.1, -0.05) is 0 Å². The van der Waals surface area contributed by atoms with Crippen LogP contribution >= 0.6 is 22.7 Å². The largest absolute Gasteiger partial charge is 0.444 e. The fourth-order valence-electron chi connectivity index (χ4n) is 9.34. The first kappa shape index (κ1) is 48.0. The van der Waals surface area contributed by atoms with Crippen molar-refractivity contribution < 1.29 is 50.3 Å². The van der Waals surface area contributed by atoms with E-state index in [1.54, 1.807) is 4.90 Å². The summed E-state index contributed by atoms with van der Waals surface area (Å²) in [6.07, 6.45) is -3.64. The average molecular weight is 956 g/mol. The van der Waals surface area contributed by atoms with Crippen LogP contribution in [0.4, 0.5) is 48.9 Å². The van der Waals surface area contributed by atoms with E-state index < -0.39 is 36.4 Å². The number of nitrogen functional groups attached to an aromatic ring is 2. The Morgan fingerprint density at radius 2 is 1.26 bits per heavy atom. The number of fused-ring (bicyclic) bond motifs is 2. The number of aromatic nitrogens is 4. The molecule has 3 spiro atoms. The summed E-state index contributed by atoms with van der Waals surface area (Å²) in [4.78, 5) is 75.2. The molecule has 3 saturated carbocycles. The van der Waals surface area contributed by atoms with Crippen molar-refractivity contribution in [2.75, 3.05) is 55.6 Å². The van der Waals surface area contributed by atoms with Crippen LogP contribution in [0.2, 0.25) is 0 Å². The number of H-pyrrole nitrogens is 1. The zero-order valence-corrected chi connectivity index (χ0v) is 37.7. The number of likely N-dealkylation sites (tertiary alicyclic amines) is 1. The zero-order valence-electron chi connectivity index (χ0n) is 36.1. The highest BCUT2D eigenvalue weighted by molar-refractivity contribution is 7.19. The van der Waals surface area contributed by atoms with Gasteiger partial charge in [-0.25, -0.2) is 14.8 Å². The molecule has 4 aromatic heterocycles. The van der Waals surface area contributed by atoms with Crippen molar-refractivity contribution in [3.05, 3.63) is 32.2 Å². The Labute approximate surface area is 377 Å². The van der Waals surface area contributed by atoms with E-state index in [2.05, 4.69) is 25.3 Å². The molecule has 0 aromatic carbocycles. The van der Waals surface area contributed by atoms with Crippen molar-refractivity contribution in [3.8, 4) is 0 Å². The van der Waals surface area contributed by atoms with Gasteiger partial charge in [0.1, 0.15) is 38.4 Å². The van der Waals surface area contributed by atoms with Crippen molar-refractivity contribution in [1.29, 1.82) is 0 Å². The van der Waals surface area contributed by atoms with Crippen molar-refractivity contribution in [2.24, 2.45) is 16.2 Å². The first-order valence-electron chi connectivity index (χ1n) is 21.2. The third kappa shape index (κ3) is 11.9. The summed E-state index contributed by atoms with van der Waals surface area (Å²) in [6.45, 7) is 10.6. The van der Waals surface area contributed by atoms with E-state index in [1.165, 1.54) is 18.6 Å². The number of nitrogens with one attached hydrogen (secondary N) is 2. The number of hydrogen-bond donors (Lipinski definition) is 4. The van der Waals surface area contributed by atoms with Crippen LogP contribution in [-0.2, 0) is 32.0 Å². The van der Waals surface area contributed by atoms with Crippen LogP contribution in [0, 0.1) is 16.2 Å². The number of hydrogen-bond acceptors (Lipinski definition) is 15. The van der Waals surface area contributed by atoms with E-state index in [0.717, 1.165) is 74.5 Å². The van der Waals surface area contributed by atoms with Crippen molar-refractivity contribution in [2.45, 2.75) is 109 Å². The summed E-state index contributed by atoms with van der Waals surface area (Å²) in [5.41, 5.74) is 10.6. The van der Waals surface area contributed by atoms with Gasteiger partial charge in [-0.3, -0.25) is 24.2 Å². The van der Waals surface area contributed by atoms with Crippen molar-refractivity contribution >= 4 is 84.3 Å². The predicted molar refractivity (Wildman–Crippen MR) is 233 cm³/mol. The minimum Gasteiger partial charge on any atom is -0.444 e. The Morgan fingerprint density at radius 1 is 0.738 bits per heavy atom. The number of thiophene rings is 2. The second-order valence-corrected chi connectivity index (χ2v) is 21.5. The maximum atomic E-state index is 12.6. The molecule has 0 radical (unpaired) electrons. The number of aromatic amines is 1. The number of rotatable bonds is 3. The highest BCUT2D eigenvalue weighted by Crippen LogP contribution is 2.48. The average Bonchev–Trinajstić information content (AvgIpc) is 3.97. The van der Waals surface area contributed by atoms with E-state index in [9.17, 15) is 50.3 Å². The fraction of sp³-hybridized carbons (Fsp3) is 0.619. The molecule has 3 aliphatic carbocycles. The molecule has 7 heterocycles. The molecule has 65 heavy (non-hydrogen) atoms. The maximum absolute atomic E-state index is 12.6. The fourth-order valence-corrected chi connectivity index (χ4v) is 11.5. The number of carbonyl (C=O) groups excluding carboxylic acids is 4. The molecule has 354 valence electrons. The van der Waals surface area contributed by atoms with Gasteiger partial charge in [0.2, 0.25) is 11.9 Å². The molecule has 0 atom stereocenters. The Morgan fingerprint density at radius 3 is 1.78 bits per heavy atom. The quantitative estimate of drug-likeness (QED) is 0.154. The van der Waals surface area contributed by atoms with Gasteiger partial charge in [0.05, 0.1) is 23.6 Å². The lowest BCUT2D eigenvalue weighted by Crippen LogP contribution is -2.42. The molecular formula is C42H51F6N9O6S2.